The Labute approximate surface area is 183 Å². The fourth-order valence-corrected chi connectivity index (χ4v) is 3.77. The van der Waals surface area contributed by atoms with Crippen molar-refractivity contribution in [3.05, 3.63) is 52.4 Å². The van der Waals surface area contributed by atoms with Gasteiger partial charge in [-0.25, -0.2) is 9.78 Å². The van der Waals surface area contributed by atoms with Gasteiger partial charge in [0.1, 0.15) is 5.69 Å². The number of urea groups is 1. The van der Waals surface area contributed by atoms with Gasteiger partial charge in [0.05, 0.1) is 21.9 Å². The predicted molar refractivity (Wildman–Crippen MR) is 119 cm³/mol. The molecule has 0 atom stereocenters. The topological polar surface area (TPSA) is 87.2 Å². The van der Waals surface area contributed by atoms with Crippen LogP contribution in [0, 0.1) is 12.8 Å². The molecule has 3 aromatic rings. The molecule has 1 aliphatic rings. The molecular weight excluding hydrogens is 425 g/mol. The number of nitrogens with one attached hydrogen (secondary N) is 2. The number of para-hydroxylation sites is 1. The zero-order valence-corrected chi connectivity index (χ0v) is 17.7. The van der Waals surface area contributed by atoms with Gasteiger partial charge in [-0.15, -0.1) is 0 Å². The van der Waals surface area contributed by atoms with E-state index in [4.69, 9.17) is 23.2 Å². The van der Waals surface area contributed by atoms with E-state index in [2.05, 4.69) is 20.6 Å². The number of pyridine rings is 2. The molecule has 1 aromatic carbocycles. The van der Waals surface area contributed by atoms with Gasteiger partial charge in [0, 0.05) is 24.3 Å². The van der Waals surface area contributed by atoms with Gasteiger partial charge in [0.25, 0.3) is 0 Å². The lowest BCUT2D eigenvalue weighted by atomic mass is 10.1. The molecule has 0 saturated heterocycles. The summed E-state index contributed by atoms with van der Waals surface area (Å²) in [4.78, 5) is 34.2. The Morgan fingerprint density at radius 3 is 2.77 bits per heavy atom. The molecule has 0 aliphatic heterocycles. The number of hydrogen-bond donors (Lipinski definition) is 2. The summed E-state index contributed by atoms with van der Waals surface area (Å²) in [6, 6.07) is 6.63. The van der Waals surface area contributed by atoms with Crippen molar-refractivity contribution in [1.29, 1.82) is 0 Å². The first kappa shape index (κ1) is 20.4. The summed E-state index contributed by atoms with van der Waals surface area (Å²) in [5.41, 5.74) is 2.69. The van der Waals surface area contributed by atoms with E-state index in [1.54, 1.807) is 24.4 Å². The largest absolute Gasteiger partial charge is 0.338 e. The van der Waals surface area contributed by atoms with Crippen molar-refractivity contribution in [3.63, 3.8) is 0 Å². The Hall–Kier alpha value is -2.90. The van der Waals surface area contributed by atoms with Gasteiger partial charge in [0.2, 0.25) is 6.41 Å². The number of hydrogen-bond acceptors (Lipinski definition) is 4. The highest BCUT2D eigenvalue weighted by Gasteiger charge is 2.23. The van der Waals surface area contributed by atoms with Crippen LogP contribution in [0.1, 0.15) is 18.4 Å². The number of anilines is 3. The number of carbonyl (C=O) groups excluding carboxylic acids is 2. The third-order valence-electron chi connectivity index (χ3n) is 4.99. The summed E-state index contributed by atoms with van der Waals surface area (Å²) >= 11 is 12.5. The van der Waals surface area contributed by atoms with Crippen LogP contribution < -0.4 is 15.5 Å². The first-order valence-corrected chi connectivity index (χ1v) is 10.2. The summed E-state index contributed by atoms with van der Waals surface area (Å²) in [6.45, 7) is 2.53. The fraction of sp³-hybridized carbons (Fsp3) is 0.238. The second-order valence-electron chi connectivity index (χ2n) is 7.18. The van der Waals surface area contributed by atoms with Crippen LogP contribution in [0.3, 0.4) is 0 Å². The smallest absolute Gasteiger partial charge is 0.319 e. The van der Waals surface area contributed by atoms with E-state index in [9.17, 15) is 9.59 Å². The van der Waals surface area contributed by atoms with E-state index in [0.29, 0.717) is 41.2 Å². The number of rotatable bonds is 6. The molecule has 2 heterocycles. The van der Waals surface area contributed by atoms with Crippen LogP contribution in [0.25, 0.3) is 10.9 Å². The van der Waals surface area contributed by atoms with Gasteiger partial charge >= 0.3 is 6.03 Å². The average molecular weight is 444 g/mol. The van der Waals surface area contributed by atoms with Crippen molar-refractivity contribution >= 4 is 63.6 Å². The average Bonchev–Trinajstić information content (AvgIpc) is 3.56. The van der Waals surface area contributed by atoms with E-state index in [0.717, 1.165) is 18.4 Å². The molecule has 1 saturated carbocycles. The monoisotopic (exact) mass is 443 g/mol. The maximum atomic E-state index is 12.4. The maximum absolute atomic E-state index is 12.4. The second kappa shape index (κ2) is 8.45. The lowest BCUT2D eigenvalue weighted by Gasteiger charge is -2.22. The highest BCUT2D eigenvalue weighted by molar-refractivity contribution is 6.39. The highest BCUT2D eigenvalue weighted by Crippen LogP contribution is 2.39. The van der Waals surface area contributed by atoms with Crippen molar-refractivity contribution in [2.75, 3.05) is 16.8 Å². The second-order valence-corrected chi connectivity index (χ2v) is 7.94. The molecule has 0 spiro atoms. The minimum atomic E-state index is -0.270. The van der Waals surface area contributed by atoms with Gasteiger partial charge in [-0.2, -0.15) is 0 Å². The number of benzene rings is 1. The fourth-order valence-electron chi connectivity index (χ4n) is 3.24. The number of fused-ring (bicyclic) bond motifs is 1. The molecule has 154 valence electrons. The van der Waals surface area contributed by atoms with Crippen LogP contribution in [0.2, 0.25) is 10.2 Å². The number of halogens is 2. The van der Waals surface area contributed by atoms with Crippen LogP contribution in [0.4, 0.5) is 21.9 Å². The number of amides is 3. The normalized spacial score (nSPS) is 13.2. The van der Waals surface area contributed by atoms with Crippen LogP contribution in [0.15, 0.2) is 36.7 Å². The Morgan fingerprint density at radius 2 is 2.07 bits per heavy atom. The van der Waals surface area contributed by atoms with Crippen molar-refractivity contribution in [3.8, 4) is 0 Å². The molecule has 30 heavy (non-hydrogen) atoms. The summed E-state index contributed by atoms with van der Waals surface area (Å²) in [5, 5.41) is 6.88. The number of aromatic nitrogens is 2. The molecule has 2 aromatic heterocycles. The first-order chi connectivity index (χ1) is 14.5. The van der Waals surface area contributed by atoms with E-state index in [1.165, 1.54) is 11.1 Å². The van der Waals surface area contributed by atoms with Gasteiger partial charge in [-0.1, -0.05) is 35.3 Å². The minimum Gasteiger partial charge on any atom is -0.338 e. The van der Waals surface area contributed by atoms with Crippen LogP contribution in [0.5, 0.6) is 0 Å². The highest BCUT2D eigenvalue weighted by atomic mass is 35.5. The molecule has 1 aliphatic carbocycles. The molecule has 0 unspecified atom stereocenters. The van der Waals surface area contributed by atoms with Gasteiger partial charge in [0.15, 0.2) is 5.15 Å². The number of carbonyl (C=O) groups is 2. The van der Waals surface area contributed by atoms with E-state index >= 15 is 0 Å². The third-order valence-corrected chi connectivity index (χ3v) is 5.57. The Bertz CT molecular complexity index is 1110. The lowest BCUT2D eigenvalue weighted by Crippen LogP contribution is -2.30. The van der Waals surface area contributed by atoms with E-state index in [-0.39, 0.29) is 21.9 Å². The summed E-state index contributed by atoms with van der Waals surface area (Å²) in [6.07, 6.45) is 6.03. The molecule has 4 rings (SSSR count). The van der Waals surface area contributed by atoms with Crippen LogP contribution in [-0.4, -0.2) is 29.0 Å². The summed E-state index contributed by atoms with van der Waals surface area (Å²) < 4.78 is 0. The summed E-state index contributed by atoms with van der Waals surface area (Å²) in [7, 11) is 0. The molecule has 2 N–H and O–H groups in total. The lowest BCUT2D eigenvalue weighted by molar-refractivity contribution is -0.106. The molecular formula is C21H19Cl2N5O2. The standard InChI is InChI=1S/C21H19Cl2N5O2/c1-12-9-25-18-14(17(12)27-21(30)26-10-13-5-6-13)3-2-4-16(18)28(11-29)19-15(22)7-8-24-20(19)23/h2-4,7-9,11,13H,5-6,10H2,1H3,(H2,25,26,27,30). The number of aryl methyl sites for hydroxylation is 1. The van der Waals surface area contributed by atoms with Gasteiger partial charge < -0.3 is 10.6 Å². The molecule has 0 radical (unpaired) electrons. The SMILES string of the molecule is Cc1cnc2c(N(C=O)c3c(Cl)ccnc3Cl)cccc2c1NC(=O)NCC1CC1. The Balaban J connectivity index is 1.76. The molecule has 3 amide bonds. The quantitative estimate of drug-likeness (QED) is 0.411. The molecule has 1 fully saturated rings. The van der Waals surface area contributed by atoms with Gasteiger partial charge in [-0.3, -0.25) is 14.7 Å². The maximum Gasteiger partial charge on any atom is 0.319 e. The third kappa shape index (κ3) is 4.04. The van der Waals surface area contributed by atoms with Crippen molar-refractivity contribution < 1.29 is 9.59 Å². The minimum absolute atomic E-state index is 0.0940. The Kier molecular flexibility index (Phi) is 5.74. The molecule has 7 nitrogen and oxygen atoms in total. The van der Waals surface area contributed by atoms with Crippen molar-refractivity contribution in [2.24, 2.45) is 5.92 Å². The molecule has 0 bridgehead atoms. The zero-order chi connectivity index (χ0) is 21.3. The Morgan fingerprint density at radius 1 is 1.27 bits per heavy atom. The van der Waals surface area contributed by atoms with E-state index < -0.39 is 0 Å². The van der Waals surface area contributed by atoms with Crippen LogP contribution >= 0.6 is 23.2 Å². The van der Waals surface area contributed by atoms with Crippen molar-refractivity contribution in [1.82, 2.24) is 15.3 Å². The van der Waals surface area contributed by atoms with E-state index in [1.807, 2.05) is 13.0 Å². The number of nitrogens with zero attached hydrogens (tertiary/aromatic N) is 3. The van der Waals surface area contributed by atoms with Crippen molar-refractivity contribution in [2.45, 2.75) is 19.8 Å². The summed E-state index contributed by atoms with van der Waals surface area (Å²) in [5.74, 6) is 0.577. The molecule has 9 heteroatoms. The predicted octanol–water partition coefficient (Wildman–Crippen LogP) is 5.07. The van der Waals surface area contributed by atoms with Crippen LogP contribution in [-0.2, 0) is 4.79 Å². The van der Waals surface area contributed by atoms with Gasteiger partial charge in [-0.05, 0) is 43.4 Å². The zero-order valence-electron chi connectivity index (χ0n) is 16.2. The first-order valence-electron chi connectivity index (χ1n) is 9.47.